The van der Waals surface area contributed by atoms with Crippen LogP contribution in [0.3, 0.4) is 0 Å². The Morgan fingerprint density at radius 1 is 1.26 bits per heavy atom. The Hall–Kier alpha value is -1.75. The molecule has 3 rings (SSSR count). The number of tetrazole rings is 1. The van der Waals surface area contributed by atoms with E-state index in [2.05, 4.69) is 27.8 Å². The lowest BCUT2D eigenvalue weighted by Gasteiger charge is -2.11. The van der Waals surface area contributed by atoms with Crippen LogP contribution in [0.1, 0.15) is 32.0 Å². The van der Waals surface area contributed by atoms with Crippen LogP contribution in [0, 0.1) is 5.92 Å². The highest BCUT2D eigenvalue weighted by molar-refractivity contribution is 5.30. The summed E-state index contributed by atoms with van der Waals surface area (Å²) in [5.41, 5.74) is 1.00. The highest BCUT2D eigenvalue weighted by Gasteiger charge is 2.21. The Labute approximate surface area is 113 Å². The van der Waals surface area contributed by atoms with E-state index >= 15 is 0 Å². The van der Waals surface area contributed by atoms with Crippen LogP contribution in [0.2, 0.25) is 0 Å². The van der Waals surface area contributed by atoms with Crippen molar-refractivity contribution in [2.45, 2.75) is 38.8 Å². The maximum absolute atomic E-state index is 4.11. The smallest absolute Gasteiger partial charge is 0.170 e. The molecule has 1 aliphatic rings. The van der Waals surface area contributed by atoms with Crippen LogP contribution in [-0.4, -0.2) is 26.2 Å². The van der Waals surface area contributed by atoms with E-state index in [0.29, 0.717) is 6.04 Å². The number of aromatic nitrogens is 4. The SMILES string of the molecule is CC1CCC(NCc2nnnn2-c2ccccc2)C1. The number of rotatable bonds is 4. The van der Waals surface area contributed by atoms with Gasteiger partial charge in [-0.1, -0.05) is 25.1 Å². The number of hydrogen-bond donors (Lipinski definition) is 1. The summed E-state index contributed by atoms with van der Waals surface area (Å²) < 4.78 is 1.80. The minimum absolute atomic E-state index is 0.607. The van der Waals surface area contributed by atoms with Crippen molar-refractivity contribution in [3.63, 3.8) is 0 Å². The zero-order valence-electron chi connectivity index (χ0n) is 11.2. The Kier molecular flexibility index (Phi) is 3.55. The summed E-state index contributed by atoms with van der Waals surface area (Å²) in [5, 5.41) is 15.5. The van der Waals surface area contributed by atoms with Crippen LogP contribution in [0.15, 0.2) is 30.3 Å². The fraction of sp³-hybridized carbons (Fsp3) is 0.500. The van der Waals surface area contributed by atoms with Gasteiger partial charge >= 0.3 is 0 Å². The van der Waals surface area contributed by atoms with Gasteiger partial charge in [-0.25, -0.2) is 0 Å². The van der Waals surface area contributed by atoms with Crippen molar-refractivity contribution in [2.24, 2.45) is 5.92 Å². The zero-order valence-corrected chi connectivity index (χ0v) is 11.2. The van der Waals surface area contributed by atoms with Crippen LogP contribution in [0.25, 0.3) is 5.69 Å². The van der Waals surface area contributed by atoms with E-state index in [9.17, 15) is 0 Å². The molecule has 2 unspecified atom stereocenters. The fourth-order valence-electron chi connectivity index (χ4n) is 2.71. The normalized spacial score (nSPS) is 22.8. The van der Waals surface area contributed by atoms with Gasteiger partial charge in [0.05, 0.1) is 12.2 Å². The predicted octanol–water partition coefficient (Wildman–Crippen LogP) is 1.94. The molecule has 0 spiro atoms. The van der Waals surface area contributed by atoms with Crippen molar-refractivity contribution in [1.29, 1.82) is 0 Å². The van der Waals surface area contributed by atoms with Crippen molar-refractivity contribution in [2.75, 3.05) is 0 Å². The van der Waals surface area contributed by atoms with Gasteiger partial charge < -0.3 is 5.32 Å². The summed E-state index contributed by atoms with van der Waals surface area (Å²) in [6.07, 6.45) is 3.84. The van der Waals surface area contributed by atoms with Gasteiger partial charge in [-0.2, -0.15) is 4.68 Å². The number of hydrogen-bond acceptors (Lipinski definition) is 4. The van der Waals surface area contributed by atoms with Gasteiger partial charge in [0.15, 0.2) is 5.82 Å². The molecule has 1 aromatic carbocycles. The second kappa shape index (κ2) is 5.48. The van der Waals surface area contributed by atoms with Crippen molar-refractivity contribution < 1.29 is 0 Å². The second-order valence-corrected chi connectivity index (χ2v) is 5.34. The standard InChI is InChI=1S/C14H19N5/c1-11-7-8-12(9-11)15-10-14-16-17-18-19(14)13-5-3-2-4-6-13/h2-6,11-12,15H,7-10H2,1H3. The molecule has 1 heterocycles. The molecular weight excluding hydrogens is 238 g/mol. The van der Waals surface area contributed by atoms with E-state index < -0.39 is 0 Å². The molecule has 1 aromatic heterocycles. The quantitative estimate of drug-likeness (QED) is 0.909. The van der Waals surface area contributed by atoms with Gasteiger partial charge in [-0.3, -0.25) is 0 Å². The van der Waals surface area contributed by atoms with Crippen molar-refractivity contribution in [1.82, 2.24) is 25.5 Å². The first-order chi connectivity index (χ1) is 9.33. The van der Waals surface area contributed by atoms with Crippen molar-refractivity contribution in [3.8, 4) is 5.69 Å². The van der Waals surface area contributed by atoms with Gasteiger partial charge in [0.2, 0.25) is 0 Å². The lowest BCUT2D eigenvalue weighted by molar-refractivity contribution is 0.490. The van der Waals surface area contributed by atoms with Gasteiger partial charge in [0, 0.05) is 6.04 Å². The van der Waals surface area contributed by atoms with E-state index in [4.69, 9.17) is 0 Å². The third kappa shape index (κ3) is 2.81. The first-order valence-corrected chi connectivity index (χ1v) is 6.89. The molecule has 1 saturated carbocycles. The number of benzene rings is 1. The molecule has 1 N–H and O–H groups in total. The molecule has 0 saturated heterocycles. The molecule has 0 amide bonds. The summed E-state index contributed by atoms with van der Waals surface area (Å²) in [5.74, 6) is 1.70. The van der Waals surface area contributed by atoms with Gasteiger partial charge in [0.25, 0.3) is 0 Å². The molecular formula is C14H19N5. The molecule has 1 aliphatic carbocycles. The van der Waals surface area contributed by atoms with Crippen LogP contribution < -0.4 is 5.32 Å². The average molecular weight is 257 g/mol. The van der Waals surface area contributed by atoms with E-state index in [0.717, 1.165) is 24.0 Å². The predicted molar refractivity (Wildman–Crippen MR) is 72.8 cm³/mol. The lowest BCUT2D eigenvalue weighted by Crippen LogP contribution is -2.27. The Morgan fingerprint density at radius 2 is 2.11 bits per heavy atom. The maximum atomic E-state index is 4.11. The lowest BCUT2D eigenvalue weighted by atomic mass is 10.1. The maximum Gasteiger partial charge on any atom is 0.170 e. The van der Waals surface area contributed by atoms with Gasteiger partial charge in [0.1, 0.15) is 0 Å². The van der Waals surface area contributed by atoms with E-state index in [1.165, 1.54) is 19.3 Å². The van der Waals surface area contributed by atoms with Crippen LogP contribution >= 0.6 is 0 Å². The third-order valence-electron chi connectivity index (χ3n) is 3.78. The molecule has 0 radical (unpaired) electrons. The molecule has 5 nitrogen and oxygen atoms in total. The largest absolute Gasteiger partial charge is 0.307 e. The molecule has 100 valence electrons. The number of para-hydroxylation sites is 1. The molecule has 0 bridgehead atoms. The highest BCUT2D eigenvalue weighted by Crippen LogP contribution is 2.24. The molecule has 0 aliphatic heterocycles. The first-order valence-electron chi connectivity index (χ1n) is 6.89. The molecule has 2 atom stereocenters. The Bertz CT molecular complexity index is 522. The summed E-state index contributed by atoms with van der Waals surface area (Å²) in [6, 6.07) is 10.6. The van der Waals surface area contributed by atoms with Crippen molar-refractivity contribution >= 4 is 0 Å². The summed E-state index contributed by atoms with van der Waals surface area (Å²) in [6.45, 7) is 3.04. The first kappa shape index (κ1) is 12.3. The Balaban J connectivity index is 1.67. The van der Waals surface area contributed by atoms with E-state index in [-0.39, 0.29) is 0 Å². The Morgan fingerprint density at radius 3 is 2.84 bits per heavy atom. The van der Waals surface area contributed by atoms with Crippen molar-refractivity contribution in [3.05, 3.63) is 36.2 Å². The number of nitrogens with zero attached hydrogens (tertiary/aromatic N) is 4. The average Bonchev–Trinajstić information content (AvgIpc) is 3.06. The zero-order chi connectivity index (χ0) is 13.1. The molecule has 19 heavy (non-hydrogen) atoms. The third-order valence-corrected chi connectivity index (χ3v) is 3.78. The summed E-state index contributed by atoms with van der Waals surface area (Å²) >= 11 is 0. The topological polar surface area (TPSA) is 55.6 Å². The molecule has 1 fully saturated rings. The minimum atomic E-state index is 0.607. The highest BCUT2D eigenvalue weighted by atomic mass is 15.5. The van der Waals surface area contributed by atoms with Crippen LogP contribution in [0.4, 0.5) is 0 Å². The second-order valence-electron chi connectivity index (χ2n) is 5.34. The minimum Gasteiger partial charge on any atom is -0.307 e. The van der Waals surface area contributed by atoms with Gasteiger partial charge in [-0.05, 0) is 47.7 Å². The van der Waals surface area contributed by atoms with Crippen LogP contribution in [0.5, 0.6) is 0 Å². The monoisotopic (exact) mass is 257 g/mol. The fourth-order valence-corrected chi connectivity index (χ4v) is 2.71. The van der Waals surface area contributed by atoms with E-state index in [1.807, 2.05) is 30.3 Å². The molecule has 5 heteroatoms. The van der Waals surface area contributed by atoms with E-state index in [1.54, 1.807) is 4.68 Å². The summed E-state index contributed by atoms with van der Waals surface area (Å²) in [7, 11) is 0. The molecule has 2 aromatic rings. The van der Waals surface area contributed by atoms with Gasteiger partial charge in [-0.15, -0.1) is 5.10 Å². The van der Waals surface area contributed by atoms with Crippen LogP contribution in [-0.2, 0) is 6.54 Å². The number of nitrogens with one attached hydrogen (secondary N) is 1. The summed E-state index contributed by atoms with van der Waals surface area (Å²) in [4.78, 5) is 0.